The Morgan fingerprint density at radius 2 is 1.52 bits per heavy atom. The molecule has 0 bridgehead atoms. The highest BCUT2D eigenvalue weighted by Gasteiger charge is 2.09. The summed E-state index contributed by atoms with van der Waals surface area (Å²) < 4.78 is 5.81. The molecule has 0 spiro atoms. The minimum atomic E-state index is 0.623. The summed E-state index contributed by atoms with van der Waals surface area (Å²) in [4.78, 5) is 8.58. The fourth-order valence-corrected chi connectivity index (χ4v) is 2.36. The second-order valence-corrected chi connectivity index (χ2v) is 4.80. The van der Waals surface area contributed by atoms with Crippen LogP contribution in [0.15, 0.2) is 77.5 Å². The van der Waals surface area contributed by atoms with E-state index in [2.05, 4.69) is 34.2 Å². The van der Waals surface area contributed by atoms with Gasteiger partial charge >= 0.3 is 0 Å². The Hall–Kier alpha value is -2.94. The highest BCUT2D eigenvalue weighted by molar-refractivity contribution is 5.82. The number of aromatic nitrogens is 2. The molecule has 2 heterocycles. The number of fused-ring (bicyclic) bond motifs is 1. The number of hydrogen-bond acceptors (Lipinski definition) is 3. The Kier molecular flexibility index (Phi) is 2.75. The predicted octanol–water partition coefficient (Wildman–Crippen LogP) is 4.56. The highest BCUT2D eigenvalue weighted by atomic mass is 16.3. The molecule has 0 aliphatic rings. The lowest BCUT2D eigenvalue weighted by molar-refractivity contribution is 0.619. The molecule has 0 saturated carbocycles. The van der Waals surface area contributed by atoms with E-state index < -0.39 is 0 Å². The van der Waals surface area contributed by atoms with Crippen molar-refractivity contribution in [3.05, 3.63) is 73.1 Å². The van der Waals surface area contributed by atoms with Gasteiger partial charge < -0.3 is 4.42 Å². The molecule has 2 aromatic heterocycles. The summed E-state index contributed by atoms with van der Waals surface area (Å²) in [5.41, 5.74) is 4.90. The molecule has 0 radical (unpaired) electrons. The summed E-state index contributed by atoms with van der Waals surface area (Å²) in [7, 11) is 0. The van der Waals surface area contributed by atoms with Crippen LogP contribution < -0.4 is 0 Å². The van der Waals surface area contributed by atoms with Gasteiger partial charge in [-0.25, -0.2) is 4.98 Å². The zero-order chi connectivity index (χ0) is 14.1. The van der Waals surface area contributed by atoms with Crippen molar-refractivity contribution < 1.29 is 4.42 Å². The van der Waals surface area contributed by atoms with E-state index in [0.29, 0.717) is 5.89 Å². The van der Waals surface area contributed by atoms with E-state index in [-0.39, 0.29) is 0 Å². The minimum absolute atomic E-state index is 0.623. The van der Waals surface area contributed by atoms with E-state index >= 15 is 0 Å². The van der Waals surface area contributed by atoms with E-state index in [4.69, 9.17) is 4.42 Å². The summed E-state index contributed by atoms with van der Waals surface area (Å²) >= 11 is 0. The average Bonchev–Trinajstić information content (AvgIpc) is 2.99. The Labute approximate surface area is 121 Å². The van der Waals surface area contributed by atoms with Gasteiger partial charge in [0.1, 0.15) is 5.52 Å². The van der Waals surface area contributed by atoms with Crippen LogP contribution in [0.25, 0.3) is 33.7 Å². The quantitative estimate of drug-likeness (QED) is 0.537. The van der Waals surface area contributed by atoms with Gasteiger partial charge in [0.2, 0.25) is 5.89 Å². The highest BCUT2D eigenvalue weighted by Crippen LogP contribution is 2.27. The summed E-state index contributed by atoms with van der Waals surface area (Å²) in [6.45, 7) is 0. The topological polar surface area (TPSA) is 38.9 Å². The van der Waals surface area contributed by atoms with E-state index in [1.807, 2.05) is 36.4 Å². The molecule has 0 aliphatic carbocycles. The van der Waals surface area contributed by atoms with Gasteiger partial charge in [0.15, 0.2) is 5.58 Å². The molecule has 0 saturated heterocycles. The van der Waals surface area contributed by atoms with Gasteiger partial charge in [-0.3, -0.25) is 4.98 Å². The standard InChI is InChI=1S/C18H12N2O/c1-2-4-13(5-3-1)15-6-7-17-16(12-15)20-18(21-17)14-8-10-19-11-9-14/h1-12H. The maximum absolute atomic E-state index is 5.81. The van der Waals surface area contributed by atoms with E-state index in [9.17, 15) is 0 Å². The minimum Gasteiger partial charge on any atom is -0.436 e. The zero-order valence-electron chi connectivity index (χ0n) is 11.2. The van der Waals surface area contributed by atoms with Crippen LogP contribution in [-0.2, 0) is 0 Å². The first-order chi connectivity index (χ1) is 10.4. The molecule has 0 fully saturated rings. The van der Waals surface area contributed by atoms with Crippen LogP contribution in [0, 0.1) is 0 Å². The summed E-state index contributed by atoms with van der Waals surface area (Å²) in [5.74, 6) is 0.623. The Morgan fingerprint density at radius 3 is 2.33 bits per heavy atom. The first kappa shape index (κ1) is 11.9. The summed E-state index contributed by atoms with van der Waals surface area (Å²) in [6.07, 6.45) is 3.47. The molecule has 2 aromatic carbocycles. The normalized spacial score (nSPS) is 10.9. The molecule has 0 N–H and O–H groups in total. The second-order valence-electron chi connectivity index (χ2n) is 4.80. The number of oxazole rings is 1. The molecule has 4 aromatic rings. The number of hydrogen-bond donors (Lipinski definition) is 0. The van der Waals surface area contributed by atoms with Crippen molar-refractivity contribution in [3.63, 3.8) is 0 Å². The lowest BCUT2D eigenvalue weighted by Gasteiger charge is -1.99. The molecule has 21 heavy (non-hydrogen) atoms. The van der Waals surface area contributed by atoms with Crippen molar-refractivity contribution in [3.8, 4) is 22.6 Å². The average molecular weight is 272 g/mol. The lowest BCUT2D eigenvalue weighted by atomic mass is 10.1. The Balaban J connectivity index is 1.82. The first-order valence-corrected chi connectivity index (χ1v) is 6.76. The third-order valence-corrected chi connectivity index (χ3v) is 3.42. The first-order valence-electron chi connectivity index (χ1n) is 6.76. The van der Waals surface area contributed by atoms with Crippen LogP contribution in [0.1, 0.15) is 0 Å². The summed E-state index contributed by atoms with van der Waals surface area (Å²) in [5, 5.41) is 0. The van der Waals surface area contributed by atoms with Gasteiger partial charge in [-0.15, -0.1) is 0 Å². The van der Waals surface area contributed by atoms with Crippen LogP contribution >= 0.6 is 0 Å². The van der Waals surface area contributed by atoms with Crippen LogP contribution in [0.5, 0.6) is 0 Å². The fourth-order valence-electron chi connectivity index (χ4n) is 2.36. The lowest BCUT2D eigenvalue weighted by Crippen LogP contribution is -1.78. The van der Waals surface area contributed by atoms with Gasteiger partial charge in [0.25, 0.3) is 0 Å². The molecule has 0 atom stereocenters. The monoisotopic (exact) mass is 272 g/mol. The molecular weight excluding hydrogens is 260 g/mol. The number of rotatable bonds is 2. The molecule has 3 heteroatoms. The van der Waals surface area contributed by atoms with Gasteiger partial charge in [0, 0.05) is 18.0 Å². The smallest absolute Gasteiger partial charge is 0.227 e. The molecule has 0 aliphatic heterocycles. The van der Waals surface area contributed by atoms with E-state index in [0.717, 1.165) is 22.2 Å². The largest absolute Gasteiger partial charge is 0.436 e. The summed E-state index contributed by atoms with van der Waals surface area (Å²) in [6, 6.07) is 20.1. The van der Waals surface area contributed by atoms with Crippen molar-refractivity contribution in [1.29, 1.82) is 0 Å². The number of pyridine rings is 1. The molecule has 100 valence electrons. The third kappa shape index (κ3) is 2.19. The molecule has 3 nitrogen and oxygen atoms in total. The van der Waals surface area contributed by atoms with Crippen LogP contribution in [0.3, 0.4) is 0 Å². The van der Waals surface area contributed by atoms with Crippen LogP contribution in [-0.4, -0.2) is 9.97 Å². The molecular formula is C18H12N2O. The molecule has 4 rings (SSSR count). The number of benzene rings is 2. The van der Waals surface area contributed by atoms with Crippen molar-refractivity contribution in [2.75, 3.05) is 0 Å². The fraction of sp³-hybridized carbons (Fsp3) is 0. The molecule has 0 amide bonds. The third-order valence-electron chi connectivity index (χ3n) is 3.42. The van der Waals surface area contributed by atoms with Crippen molar-refractivity contribution in [2.24, 2.45) is 0 Å². The SMILES string of the molecule is c1ccc(-c2ccc3oc(-c4ccncc4)nc3c2)cc1. The van der Waals surface area contributed by atoms with Crippen molar-refractivity contribution in [2.45, 2.75) is 0 Å². The van der Waals surface area contributed by atoms with Crippen molar-refractivity contribution >= 4 is 11.1 Å². The van der Waals surface area contributed by atoms with Crippen LogP contribution in [0.4, 0.5) is 0 Å². The van der Waals surface area contributed by atoms with E-state index in [1.54, 1.807) is 12.4 Å². The van der Waals surface area contributed by atoms with Gasteiger partial charge in [-0.05, 0) is 35.4 Å². The Morgan fingerprint density at radius 1 is 0.714 bits per heavy atom. The van der Waals surface area contributed by atoms with Gasteiger partial charge in [-0.2, -0.15) is 0 Å². The molecule has 0 unspecified atom stereocenters. The van der Waals surface area contributed by atoms with Crippen molar-refractivity contribution in [1.82, 2.24) is 9.97 Å². The maximum atomic E-state index is 5.81. The van der Waals surface area contributed by atoms with Gasteiger partial charge in [-0.1, -0.05) is 36.4 Å². The van der Waals surface area contributed by atoms with Crippen LogP contribution in [0.2, 0.25) is 0 Å². The Bertz CT molecular complexity index is 845. The van der Waals surface area contributed by atoms with Gasteiger partial charge in [0.05, 0.1) is 0 Å². The van der Waals surface area contributed by atoms with E-state index in [1.165, 1.54) is 5.56 Å². The maximum Gasteiger partial charge on any atom is 0.227 e. The second kappa shape index (κ2) is 4.87. The zero-order valence-corrected chi connectivity index (χ0v) is 11.2. The predicted molar refractivity (Wildman–Crippen MR) is 82.7 cm³/mol. The number of nitrogens with zero attached hydrogens (tertiary/aromatic N) is 2.